The van der Waals surface area contributed by atoms with Crippen molar-refractivity contribution in [2.75, 3.05) is 7.05 Å². The second kappa shape index (κ2) is 4.61. The Kier molecular flexibility index (Phi) is 3.65. The van der Waals surface area contributed by atoms with E-state index in [1.165, 1.54) is 0 Å². The zero-order chi connectivity index (χ0) is 12.3. The van der Waals surface area contributed by atoms with Crippen LogP contribution in [-0.2, 0) is 4.74 Å². The van der Waals surface area contributed by atoms with Gasteiger partial charge in [-0.1, -0.05) is 5.11 Å². The molecular weight excluding hydrogens is 208 g/mol. The van der Waals surface area contributed by atoms with E-state index < -0.39 is 5.60 Å². The van der Waals surface area contributed by atoms with Crippen LogP contribution in [0, 0.1) is 0 Å². The van der Waals surface area contributed by atoms with Gasteiger partial charge >= 0.3 is 6.09 Å². The number of hydrogen-bond acceptors (Lipinski definition) is 3. The molecule has 0 aromatic rings. The standard InChI is InChI=1S/C10H18N4O2/c1-10(2,3)16-9(15)14(4)8-5-7(6-8)12-13-11/h7-8H,5-6H2,1-4H3. The Bertz CT molecular complexity index is 311. The Morgan fingerprint density at radius 2 is 2.06 bits per heavy atom. The fourth-order valence-corrected chi connectivity index (χ4v) is 1.53. The van der Waals surface area contributed by atoms with Crippen LogP contribution in [0.4, 0.5) is 4.79 Å². The van der Waals surface area contributed by atoms with Gasteiger partial charge in [-0.2, -0.15) is 0 Å². The highest BCUT2D eigenvalue weighted by molar-refractivity contribution is 5.68. The summed E-state index contributed by atoms with van der Waals surface area (Å²) in [5.74, 6) is 0. The Morgan fingerprint density at radius 1 is 1.50 bits per heavy atom. The van der Waals surface area contributed by atoms with Gasteiger partial charge in [0.05, 0.1) is 0 Å². The number of hydrogen-bond donors (Lipinski definition) is 0. The highest BCUT2D eigenvalue weighted by Crippen LogP contribution is 2.28. The summed E-state index contributed by atoms with van der Waals surface area (Å²) in [4.78, 5) is 16.0. The van der Waals surface area contributed by atoms with E-state index in [0.29, 0.717) is 0 Å². The highest BCUT2D eigenvalue weighted by atomic mass is 16.6. The summed E-state index contributed by atoms with van der Waals surface area (Å²) in [6.45, 7) is 5.51. The average Bonchev–Trinajstić information content (AvgIpc) is 2.06. The number of azide groups is 1. The Hall–Kier alpha value is -1.42. The predicted molar refractivity (Wildman–Crippen MR) is 60.0 cm³/mol. The third-order valence-corrected chi connectivity index (χ3v) is 2.53. The topological polar surface area (TPSA) is 78.3 Å². The van der Waals surface area contributed by atoms with E-state index in [9.17, 15) is 4.79 Å². The Morgan fingerprint density at radius 3 is 2.50 bits per heavy atom. The molecule has 16 heavy (non-hydrogen) atoms. The van der Waals surface area contributed by atoms with Crippen LogP contribution in [-0.4, -0.2) is 35.7 Å². The van der Waals surface area contributed by atoms with Crippen molar-refractivity contribution >= 4 is 6.09 Å². The van der Waals surface area contributed by atoms with Gasteiger partial charge in [0.25, 0.3) is 0 Å². The average molecular weight is 226 g/mol. The van der Waals surface area contributed by atoms with E-state index in [2.05, 4.69) is 10.0 Å². The van der Waals surface area contributed by atoms with Crippen molar-refractivity contribution in [1.29, 1.82) is 0 Å². The van der Waals surface area contributed by atoms with Crippen molar-refractivity contribution in [1.82, 2.24) is 4.90 Å². The fraction of sp³-hybridized carbons (Fsp3) is 0.900. The number of carbonyl (C=O) groups is 1. The van der Waals surface area contributed by atoms with Gasteiger partial charge in [-0.15, -0.1) is 0 Å². The predicted octanol–water partition coefficient (Wildman–Crippen LogP) is 2.69. The van der Waals surface area contributed by atoms with Gasteiger partial charge in [0.15, 0.2) is 0 Å². The van der Waals surface area contributed by atoms with Crippen molar-refractivity contribution in [3.8, 4) is 0 Å². The van der Waals surface area contributed by atoms with Gasteiger partial charge in [0, 0.05) is 24.0 Å². The molecule has 0 atom stereocenters. The van der Waals surface area contributed by atoms with Gasteiger partial charge in [-0.05, 0) is 39.1 Å². The first-order valence-corrected chi connectivity index (χ1v) is 5.33. The lowest BCUT2D eigenvalue weighted by Crippen LogP contribution is -2.48. The third kappa shape index (κ3) is 3.31. The molecule has 0 unspecified atom stereocenters. The van der Waals surface area contributed by atoms with E-state index in [-0.39, 0.29) is 18.2 Å². The van der Waals surface area contributed by atoms with Crippen LogP contribution in [0.2, 0.25) is 0 Å². The molecular formula is C10H18N4O2. The first-order valence-electron chi connectivity index (χ1n) is 5.33. The van der Waals surface area contributed by atoms with Crippen molar-refractivity contribution < 1.29 is 9.53 Å². The minimum atomic E-state index is -0.473. The molecule has 0 heterocycles. The zero-order valence-electron chi connectivity index (χ0n) is 10.2. The lowest BCUT2D eigenvalue weighted by molar-refractivity contribution is 0.0124. The Balaban J connectivity index is 2.39. The molecule has 0 spiro atoms. The fourth-order valence-electron chi connectivity index (χ4n) is 1.53. The van der Waals surface area contributed by atoms with Gasteiger partial charge in [-0.3, -0.25) is 0 Å². The van der Waals surface area contributed by atoms with Crippen LogP contribution in [0.15, 0.2) is 5.11 Å². The van der Waals surface area contributed by atoms with Crippen LogP contribution in [0.25, 0.3) is 10.4 Å². The summed E-state index contributed by atoms with van der Waals surface area (Å²) in [6, 6.07) is 0.158. The minimum absolute atomic E-state index is 0.0277. The lowest BCUT2D eigenvalue weighted by atomic mass is 9.87. The van der Waals surface area contributed by atoms with Crippen LogP contribution in [0.5, 0.6) is 0 Å². The van der Waals surface area contributed by atoms with Gasteiger partial charge in [0.2, 0.25) is 0 Å². The first-order chi connectivity index (χ1) is 7.33. The number of nitrogens with zero attached hydrogens (tertiary/aromatic N) is 4. The smallest absolute Gasteiger partial charge is 0.410 e. The normalized spacial score (nSPS) is 24.0. The van der Waals surface area contributed by atoms with Gasteiger partial charge < -0.3 is 9.64 Å². The summed E-state index contributed by atoms with van der Waals surface area (Å²) in [5.41, 5.74) is 7.77. The molecule has 6 nitrogen and oxygen atoms in total. The second-order valence-corrected chi connectivity index (χ2v) is 5.08. The molecule has 6 heteroatoms. The summed E-state index contributed by atoms with van der Waals surface area (Å²) < 4.78 is 5.24. The van der Waals surface area contributed by atoms with Crippen molar-refractivity contribution in [3.63, 3.8) is 0 Å². The van der Waals surface area contributed by atoms with E-state index in [4.69, 9.17) is 10.3 Å². The molecule has 0 radical (unpaired) electrons. The molecule has 0 aromatic carbocycles. The maximum atomic E-state index is 11.7. The molecule has 0 saturated heterocycles. The molecule has 1 saturated carbocycles. The number of carbonyl (C=O) groups excluding carboxylic acids is 1. The minimum Gasteiger partial charge on any atom is -0.444 e. The van der Waals surface area contributed by atoms with Gasteiger partial charge in [0.1, 0.15) is 5.60 Å². The summed E-state index contributed by atoms with van der Waals surface area (Å²) in [5, 5.41) is 3.60. The van der Waals surface area contributed by atoms with E-state index in [0.717, 1.165) is 12.8 Å². The molecule has 0 N–H and O–H groups in total. The van der Waals surface area contributed by atoms with Gasteiger partial charge in [-0.25, -0.2) is 4.79 Å². The SMILES string of the molecule is CN(C(=O)OC(C)(C)C)C1CC(N=[N+]=[N-])C1. The number of rotatable bonds is 2. The monoisotopic (exact) mass is 226 g/mol. The zero-order valence-corrected chi connectivity index (χ0v) is 10.2. The molecule has 90 valence electrons. The van der Waals surface area contributed by atoms with Crippen LogP contribution in [0.3, 0.4) is 0 Å². The number of amides is 1. The molecule has 1 rings (SSSR count). The molecule has 1 fully saturated rings. The number of ether oxygens (including phenoxy) is 1. The Labute approximate surface area is 95.2 Å². The second-order valence-electron chi connectivity index (χ2n) is 5.08. The van der Waals surface area contributed by atoms with Crippen LogP contribution in [0.1, 0.15) is 33.6 Å². The van der Waals surface area contributed by atoms with E-state index >= 15 is 0 Å². The van der Waals surface area contributed by atoms with Crippen LogP contribution < -0.4 is 0 Å². The largest absolute Gasteiger partial charge is 0.444 e. The maximum absolute atomic E-state index is 11.7. The molecule has 0 bridgehead atoms. The van der Waals surface area contributed by atoms with E-state index in [1.54, 1.807) is 11.9 Å². The third-order valence-electron chi connectivity index (χ3n) is 2.53. The van der Waals surface area contributed by atoms with Crippen molar-refractivity contribution in [3.05, 3.63) is 10.4 Å². The molecule has 1 aliphatic carbocycles. The molecule has 0 aliphatic heterocycles. The van der Waals surface area contributed by atoms with E-state index in [1.807, 2.05) is 20.8 Å². The summed E-state index contributed by atoms with van der Waals surface area (Å²) in [7, 11) is 1.71. The molecule has 1 aliphatic rings. The van der Waals surface area contributed by atoms with Crippen LogP contribution >= 0.6 is 0 Å². The quantitative estimate of drug-likeness (QED) is 0.412. The molecule has 1 amide bonds. The summed E-state index contributed by atoms with van der Waals surface area (Å²) >= 11 is 0. The van der Waals surface area contributed by atoms with Crippen molar-refractivity contribution in [2.45, 2.75) is 51.3 Å². The highest BCUT2D eigenvalue weighted by Gasteiger charge is 2.35. The maximum Gasteiger partial charge on any atom is 0.410 e. The lowest BCUT2D eigenvalue weighted by Gasteiger charge is -2.39. The van der Waals surface area contributed by atoms with Crippen molar-refractivity contribution in [2.24, 2.45) is 5.11 Å². The molecule has 0 aromatic heterocycles. The summed E-state index contributed by atoms with van der Waals surface area (Å²) in [6.07, 6.45) is 1.12. The first kappa shape index (κ1) is 12.6.